The van der Waals surface area contributed by atoms with Crippen LogP contribution in [0.1, 0.15) is 16.0 Å². The zero-order chi connectivity index (χ0) is 16.1. The van der Waals surface area contributed by atoms with Gasteiger partial charge in [-0.25, -0.2) is 0 Å². The van der Waals surface area contributed by atoms with Crippen molar-refractivity contribution in [3.63, 3.8) is 0 Å². The lowest BCUT2D eigenvalue weighted by molar-refractivity contribution is -0.118. The highest BCUT2D eigenvalue weighted by Gasteiger charge is 2.24. The van der Waals surface area contributed by atoms with Gasteiger partial charge in [0.25, 0.3) is 0 Å². The highest BCUT2D eigenvalue weighted by Crippen LogP contribution is 2.21. The molecule has 1 unspecified atom stereocenters. The maximum absolute atomic E-state index is 12.5. The number of amidine groups is 1. The zero-order valence-corrected chi connectivity index (χ0v) is 13.4. The van der Waals surface area contributed by atoms with Gasteiger partial charge in [-0.1, -0.05) is 23.4 Å². The molecule has 0 aliphatic rings. The molecule has 0 saturated heterocycles. The lowest BCUT2D eigenvalue weighted by atomic mass is 10.0. The number of thiophene rings is 1. The van der Waals surface area contributed by atoms with Crippen LogP contribution in [-0.4, -0.2) is 17.0 Å². The molecule has 2 aromatic rings. The van der Waals surface area contributed by atoms with Crippen molar-refractivity contribution >= 4 is 28.8 Å². The number of anilines is 1. The fourth-order valence-corrected chi connectivity index (χ4v) is 2.89. The van der Waals surface area contributed by atoms with Crippen molar-refractivity contribution in [2.75, 3.05) is 5.32 Å². The third-order valence-electron chi connectivity index (χ3n) is 3.64. The molecule has 0 fully saturated rings. The molecule has 1 heterocycles. The van der Waals surface area contributed by atoms with E-state index in [1.807, 2.05) is 49.6 Å². The van der Waals surface area contributed by atoms with Crippen LogP contribution in [0, 0.1) is 19.8 Å². The molecule has 1 aromatic carbocycles. The Kier molecular flexibility index (Phi) is 5.16. The molecular weight excluding hydrogens is 298 g/mol. The first-order valence-corrected chi connectivity index (χ1v) is 7.77. The molecule has 0 aliphatic carbocycles. The van der Waals surface area contributed by atoms with Gasteiger partial charge in [0.15, 0.2) is 5.84 Å². The Morgan fingerprint density at radius 1 is 1.36 bits per heavy atom. The highest BCUT2D eigenvalue weighted by atomic mass is 32.1. The molecule has 0 spiro atoms. The third-order valence-corrected chi connectivity index (χ3v) is 4.54. The van der Waals surface area contributed by atoms with Gasteiger partial charge in [-0.2, -0.15) is 0 Å². The normalized spacial score (nSPS) is 12.9. The Balaban J connectivity index is 2.20. The standard InChI is InChI=1S/C16H19N3O2S/c1-10-5-3-7-14(11(10)2)18-16(20)13(15(17)19-21)9-12-6-4-8-22-12/h3-8,13,21H,9H2,1-2H3,(H2,17,19)(H,18,20). The largest absolute Gasteiger partial charge is 0.409 e. The fraction of sp³-hybridized carbons (Fsp3) is 0.250. The molecule has 116 valence electrons. The summed E-state index contributed by atoms with van der Waals surface area (Å²) in [6.07, 6.45) is 0.407. The number of nitrogens with zero attached hydrogens (tertiary/aromatic N) is 1. The van der Waals surface area contributed by atoms with Gasteiger partial charge in [0.2, 0.25) is 5.91 Å². The second kappa shape index (κ2) is 7.09. The number of nitrogens with two attached hydrogens (primary N) is 1. The molecular formula is C16H19N3O2S. The Bertz CT molecular complexity index is 681. The maximum Gasteiger partial charge on any atom is 0.235 e. The summed E-state index contributed by atoms with van der Waals surface area (Å²) in [5, 5.41) is 16.7. The van der Waals surface area contributed by atoms with Crippen molar-refractivity contribution in [3.05, 3.63) is 51.7 Å². The van der Waals surface area contributed by atoms with E-state index in [9.17, 15) is 4.79 Å². The van der Waals surface area contributed by atoms with E-state index < -0.39 is 5.92 Å². The van der Waals surface area contributed by atoms with Gasteiger partial charge < -0.3 is 16.3 Å². The van der Waals surface area contributed by atoms with Crippen LogP contribution in [0.15, 0.2) is 40.9 Å². The van der Waals surface area contributed by atoms with E-state index in [0.29, 0.717) is 6.42 Å². The summed E-state index contributed by atoms with van der Waals surface area (Å²) in [5.74, 6) is -1.07. The Labute approximate surface area is 133 Å². The van der Waals surface area contributed by atoms with Crippen LogP contribution in [0.3, 0.4) is 0 Å². The molecule has 0 aliphatic heterocycles. The second-order valence-corrected chi connectivity index (χ2v) is 6.13. The molecule has 1 aromatic heterocycles. The molecule has 5 nitrogen and oxygen atoms in total. The number of carbonyl (C=O) groups is 1. The molecule has 2 rings (SSSR count). The monoisotopic (exact) mass is 317 g/mol. The fourth-order valence-electron chi connectivity index (χ4n) is 2.14. The Hall–Kier alpha value is -2.34. The number of aryl methyl sites for hydroxylation is 1. The molecule has 0 radical (unpaired) electrons. The van der Waals surface area contributed by atoms with Crippen molar-refractivity contribution in [1.82, 2.24) is 0 Å². The van der Waals surface area contributed by atoms with Crippen molar-refractivity contribution in [2.45, 2.75) is 20.3 Å². The van der Waals surface area contributed by atoms with Gasteiger partial charge in [-0.15, -0.1) is 11.3 Å². The lowest BCUT2D eigenvalue weighted by Gasteiger charge is -2.16. The van der Waals surface area contributed by atoms with Crippen LogP contribution in [0.5, 0.6) is 0 Å². The zero-order valence-electron chi connectivity index (χ0n) is 12.5. The predicted octanol–water partition coefficient (Wildman–Crippen LogP) is 2.91. The topological polar surface area (TPSA) is 87.7 Å². The summed E-state index contributed by atoms with van der Waals surface area (Å²) >= 11 is 1.54. The average molecular weight is 317 g/mol. The second-order valence-electron chi connectivity index (χ2n) is 5.10. The first-order chi connectivity index (χ1) is 10.5. The summed E-state index contributed by atoms with van der Waals surface area (Å²) in [4.78, 5) is 13.5. The van der Waals surface area contributed by atoms with E-state index in [4.69, 9.17) is 10.9 Å². The maximum atomic E-state index is 12.5. The van der Waals surface area contributed by atoms with Crippen molar-refractivity contribution in [3.8, 4) is 0 Å². The van der Waals surface area contributed by atoms with Gasteiger partial charge in [-0.05, 0) is 42.5 Å². The number of carbonyl (C=O) groups excluding carboxylic acids is 1. The summed E-state index contributed by atoms with van der Waals surface area (Å²) in [6, 6.07) is 9.54. The SMILES string of the molecule is Cc1cccc(NC(=O)C(Cc2cccs2)C(N)=NO)c1C. The van der Waals surface area contributed by atoms with Crippen molar-refractivity contribution < 1.29 is 10.0 Å². The van der Waals surface area contributed by atoms with Crippen molar-refractivity contribution in [2.24, 2.45) is 16.8 Å². The number of nitrogens with one attached hydrogen (secondary N) is 1. The Morgan fingerprint density at radius 3 is 2.77 bits per heavy atom. The molecule has 6 heteroatoms. The summed E-state index contributed by atoms with van der Waals surface area (Å²) in [6.45, 7) is 3.93. The van der Waals surface area contributed by atoms with Gasteiger partial charge in [0.1, 0.15) is 5.92 Å². The number of benzene rings is 1. The number of amides is 1. The lowest BCUT2D eigenvalue weighted by Crippen LogP contribution is -2.36. The quantitative estimate of drug-likeness (QED) is 0.343. The molecule has 22 heavy (non-hydrogen) atoms. The van der Waals surface area contributed by atoms with Crippen LogP contribution < -0.4 is 11.1 Å². The van der Waals surface area contributed by atoms with E-state index >= 15 is 0 Å². The van der Waals surface area contributed by atoms with E-state index in [0.717, 1.165) is 21.7 Å². The minimum atomic E-state index is -0.705. The summed E-state index contributed by atoms with van der Waals surface area (Å²) < 4.78 is 0. The predicted molar refractivity (Wildman–Crippen MR) is 89.5 cm³/mol. The van der Waals surface area contributed by atoms with Crippen LogP contribution in [0.2, 0.25) is 0 Å². The van der Waals surface area contributed by atoms with E-state index in [2.05, 4.69) is 10.5 Å². The number of hydrogen-bond acceptors (Lipinski definition) is 4. The molecule has 0 saturated carbocycles. The van der Waals surface area contributed by atoms with E-state index in [1.54, 1.807) is 0 Å². The third kappa shape index (κ3) is 3.65. The minimum Gasteiger partial charge on any atom is -0.409 e. The van der Waals surface area contributed by atoms with Gasteiger partial charge >= 0.3 is 0 Å². The Morgan fingerprint density at radius 2 is 2.14 bits per heavy atom. The number of hydrogen-bond donors (Lipinski definition) is 3. The van der Waals surface area contributed by atoms with E-state index in [1.165, 1.54) is 11.3 Å². The molecule has 1 amide bonds. The average Bonchev–Trinajstić information content (AvgIpc) is 3.01. The highest BCUT2D eigenvalue weighted by molar-refractivity contribution is 7.09. The van der Waals surface area contributed by atoms with Gasteiger partial charge in [-0.3, -0.25) is 4.79 Å². The van der Waals surface area contributed by atoms with Gasteiger partial charge in [0, 0.05) is 17.0 Å². The van der Waals surface area contributed by atoms with Crippen LogP contribution in [0.25, 0.3) is 0 Å². The molecule has 4 N–H and O–H groups in total. The van der Waals surface area contributed by atoms with Crippen LogP contribution >= 0.6 is 11.3 Å². The first kappa shape index (κ1) is 16.0. The smallest absolute Gasteiger partial charge is 0.235 e. The summed E-state index contributed by atoms with van der Waals surface area (Å²) in [7, 11) is 0. The van der Waals surface area contributed by atoms with E-state index in [-0.39, 0.29) is 11.7 Å². The van der Waals surface area contributed by atoms with Crippen LogP contribution in [-0.2, 0) is 11.2 Å². The summed E-state index contributed by atoms with van der Waals surface area (Å²) in [5.41, 5.74) is 8.54. The number of rotatable bonds is 5. The number of oxime groups is 1. The minimum absolute atomic E-state index is 0.0868. The van der Waals surface area contributed by atoms with Crippen molar-refractivity contribution in [1.29, 1.82) is 0 Å². The molecule has 1 atom stereocenters. The van der Waals surface area contributed by atoms with Gasteiger partial charge in [0.05, 0.1) is 0 Å². The first-order valence-electron chi connectivity index (χ1n) is 6.89. The van der Waals surface area contributed by atoms with Crippen LogP contribution in [0.4, 0.5) is 5.69 Å². The molecule has 0 bridgehead atoms.